The second-order valence-electron chi connectivity index (χ2n) is 6.00. The maximum Gasteiger partial charge on any atom is 0.0743 e. The van der Waals surface area contributed by atoms with Crippen LogP contribution >= 0.6 is 0 Å². The number of hydrogen-bond acceptors (Lipinski definition) is 3. The number of rotatable bonds is 6. The largest absolute Gasteiger partial charge is 0.275 e. The molecule has 114 valence electrons. The van der Waals surface area contributed by atoms with Crippen LogP contribution in [0.5, 0.6) is 0 Å². The van der Waals surface area contributed by atoms with Crippen LogP contribution in [-0.4, -0.2) is 9.78 Å². The van der Waals surface area contributed by atoms with Gasteiger partial charge in [0.1, 0.15) is 0 Å². The molecular weight excluding hydrogens is 260 g/mol. The van der Waals surface area contributed by atoms with Crippen molar-refractivity contribution in [2.24, 2.45) is 18.8 Å². The molecule has 0 bridgehead atoms. The molecule has 0 aliphatic rings. The zero-order chi connectivity index (χ0) is 15.4. The van der Waals surface area contributed by atoms with Crippen molar-refractivity contribution in [1.29, 1.82) is 0 Å². The molecule has 2 aromatic rings. The second kappa shape index (κ2) is 6.87. The number of nitrogens with one attached hydrogen (secondary N) is 1. The smallest absolute Gasteiger partial charge is 0.0743 e. The number of aromatic nitrogens is 2. The van der Waals surface area contributed by atoms with Gasteiger partial charge in [-0.3, -0.25) is 10.5 Å². The van der Waals surface area contributed by atoms with E-state index in [0.717, 1.165) is 24.1 Å². The first kappa shape index (κ1) is 15.7. The third-order valence-corrected chi connectivity index (χ3v) is 3.68. The van der Waals surface area contributed by atoms with Crippen LogP contribution < -0.4 is 11.3 Å². The SMILES string of the molecule is CCc1nn(C)cc1C(NN)c1cccc(CC(C)C)c1. The second-order valence-corrected chi connectivity index (χ2v) is 6.00. The summed E-state index contributed by atoms with van der Waals surface area (Å²) in [5.41, 5.74) is 7.74. The van der Waals surface area contributed by atoms with E-state index in [1.807, 2.05) is 11.7 Å². The van der Waals surface area contributed by atoms with Crippen LogP contribution in [0.3, 0.4) is 0 Å². The van der Waals surface area contributed by atoms with E-state index in [2.05, 4.69) is 61.8 Å². The fraction of sp³-hybridized carbons (Fsp3) is 0.471. The molecule has 1 aromatic carbocycles. The maximum absolute atomic E-state index is 5.83. The molecule has 0 saturated heterocycles. The summed E-state index contributed by atoms with van der Waals surface area (Å²) in [6.45, 7) is 6.60. The normalized spacial score (nSPS) is 12.9. The first-order chi connectivity index (χ1) is 10.0. The highest BCUT2D eigenvalue weighted by Crippen LogP contribution is 2.25. The molecule has 2 rings (SSSR count). The van der Waals surface area contributed by atoms with Crippen molar-refractivity contribution in [2.45, 2.75) is 39.7 Å². The number of aryl methyl sites for hydroxylation is 2. The molecule has 1 heterocycles. The fourth-order valence-electron chi connectivity index (χ4n) is 2.81. The standard InChI is InChI=1S/C17H26N4/c1-5-16-15(11-21(4)20-16)17(19-18)14-8-6-7-13(10-14)9-12(2)3/h6-8,10-12,17,19H,5,9,18H2,1-4H3. The maximum atomic E-state index is 5.83. The van der Waals surface area contributed by atoms with Crippen LogP contribution in [0.25, 0.3) is 0 Å². The van der Waals surface area contributed by atoms with Gasteiger partial charge in [-0.1, -0.05) is 45.0 Å². The molecule has 0 spiro atoms. The Labute approximate surface area is 127 Å². The summed E-state index contributed by atoms with van der Waals surface area (Å²) in [7, 11) is 1.95. The van der Waals surface area contributed by atoms with Crippen molar-refractivity contribution in [3.63, 3.8) is 0 Å². The lowest BCUT2D eigenvalue weighted by atomic mass is 9.95. The summed E-state index contributed by atoms with van der Waals surface area (Å²) < 4.78 is 1.86. The van der Waals surface area contributed by atoms with E-state index in [4.69, 9.17) is 5.84 Å². The number of hydrogen-bond donors (Lipinski definition) is 2. The lowest BCUT2D eigenvalue weighted by Gasteiger charge is -2.17. The van der Waals surface area contributed by atoms with Crippen molar-refractivity contribution < 1.29 is 0 Å². The zero-order valence-electron chi connectivity index (χ0n) is 13.4. The van der Waals surface area contributed by atoms with E-state index in [0.29, 0.717) is 5.92 Å². The molecule has 1 aromatic heterocycles. The predicted octanol–water partition coefficient (Wildman–Crippen LogP) is 2.73. The lowest BCUT2D eigenvalue weighted by Crippen LogP contribution is -2.29. The van der Waals surface area contributed by atoms with E-state index in [9.17, 15) is 0 Å². The molecule has 0 radical (unpaired) electrons. The van der Waals surface area contributed by atoms with Gasteiger partial charge in [-0.05, 0) is 29.9 Å². The molecule has 0 saturated carbocycles. The number of nitrogens with zero attached hydrogens (tertiary/aromatic N) is 2. The highest BCUT2D eigenvalue weighted by Gasteiger charge is 2.18. The molecule has 0 aliphatic carbocycles. The van der Waals surface area contributed by atoms with E-state index in [-0.39, 0.29) is 6.04 Å². The van der Waals surface area contributed by atoms with Gasteiger partial charge in [-0.25, -0.2) is 5.43 Å². The Morgan fingerprint density at radius 2 is 2.10 bits per heavy atom. The van der Waals surface area contributed by atoms with Gasteiger partial charge in [-0.2, -0.15) is 5.10 Å². The highest BCUT2D eigenvalue weighted by atomic mass is 15.3. The Bertz CT molecular complexity index is 586. The third-order valence-electron chi connectivity index (χ3n) is 3.68. The van der Waals surface area contributed by atoms with Crippen LogP contribution in [0.1, 0.15) is 49.2 Å². The van der Waals surface area contributed by atoms with Gasteiger partial charge in [0, 0.05) is 18.8 Å². The highest BCUT2D eigenvalue weighted by molar-refractivity contribution is 5.35. The molecule has 0 aliphatic heterocycles. The van der Waals surface area contributed by atoms with Crippen molar-refractivity contribution in [3.05, 3.63) is 52.8 Å². The minimum absolute atomic E-state index is 0.0132. The van der Waals surface area contributed by atoms with Crippen molar-refractivity contribution in [1.82, 2.24) is 15.2 Å². The Morgan fingerprint density at radius 1 is 1.33 bits per heavy atom. The third kappa shape index (κ3) is 3.71. The summed E-state index contributed by atoms with van der Waals surface area (Å²) in [4.78, 5) is 0. The van der Waals surface area contributed by atoms with Gasteiger partial charge in [0.05, 0.1) is 11.7 Å². The Hall–Kier alpha value is -1.65. The Balaban J connectivity index is 2.36. The monoisotopic (exact) mass is 286 g/mol. The number of nitrogens with two attached hydrogens (primary N) is 1. The van der Waals surface area contributed by atoms with Crippen LogP contribution in [0, 0.1) is 5.92 Å². The molecular formula is C17H26N4. The summed E-state index contributed by atoms with van der Waals surface area (Å²) >= 11 is 0. The summed E-state index contributed by atoms with van der Waals surface area (Å²) in [5, 5.41) is 4.52. The van der Waals surface area contributed by atoms with E-state index in [1.165, 1.54) is 11.1 Å². The van der Waals surface area contributed by atoms with Gasteiger partial charge in [-0.15, -0.1) is 0 Å². The Morgan fingerprint density at radius 3 is 2.71 bits per heavy atom. The van der Waals surface area contributed by atoms with Crippen LogP contribution in [0.2, 0.25) is 0 Å². The van der Waals surface area contributed by atoms with Crippen LogP contribution in [-0.2, 0) is 19.9 Å². The van der Waals surface area contributed by atoms with E-state index in [1.54, 1.807) is 0 Å². The first-order valence-electron chi connectivity index (χ1n) is 7.62. The van der Waals surface area contributed by atoms with Gasteiger partial charge in [0.25, 0.3) is 0 Å². The molecule has 4 nitrogen and oxygen atoms in total. The summed E-state index contributed by atoms with van der Waals surface area (Å²) in [6, 6.07) is 8.65. The minimum atomic E-state index is -0.0132. The van der Waals surface area contributed by atoms with Gasteiger partial charge in [0.15, 0.2) is 0 Å². The van der Waals surface area contributed by atoms with E-state index >= 15 is 0 Å². The Kier molecular flexibility index (Phi) is 5.15. The summed E-state index contributed by atoms with van der Waals surface area (Å²) in [6.07, 6.45) is 4.04. The van der Waals surface area contributed by atoms with Gasteiger partial charge < -0.3 is 0 Å². The number of benzene rings is 1. The predicted molar refractivity (Wildman–Crippen MR) is 86.7 cm³/mol. The van der Waals surface area contributed by atoms with Crippen molar-refractivity contribution in [3.8, 4) is 0 Å². The minimum Gasteiger partial charge on any atom is -0.275 e. The molecule has 0 amide bonds. The van der Waals surface area contributed by atoms with Crippen molar-refractivity contribution >= 4 is 0 Å². The number of hydrazine groups is 1. The summed E-state index contributed by atoms with van der Waals surface area (Å²) in [5.74, 6) is 6.48. The molecule has 0 fully saturated rings. The quantitative estimate of drug-likeness (QED) is 0.634. The molecule has 4 heteroatoms. The average molecular weight is 286 g/mol. The topological polar surface area (TPSA) is 55.9 Å². The first-order valence-corrected chi connectivity index (χ1v) is 7.62. The fourth-order valence-corrected chi connectivity index (χ4v) is 2.81. The average Bonchev–Trinajstić information content (AvgIpc) is 2.80. The molecule has 1 atom stereocenters. The van der Waals surface area contributed by atoms with Crippen LogP contribution in [0.4, 0.5) is 0 Å². The molecule has 3 N–H and O–H groups in total. The van der Waals surface area contributed by atoms with Gasteiger partial charge >= 0.3 is 0 Å². The van der Waals surface area contributed by atoms with E-state index < -0.39 is 0 Å². The van der Waals surface area contributed by atoms with Crippen LogP contribution in [0.15, 0.2) is 30.5 Å². The van der Waals surface area contributed by atoms with Crippen molar-refractivity contribution in [2.75, 3.05) is 0 Å². The zero-order valence-corrected chi connectivity index (χ0v) is 13.4. The lowest BCUT2D eigenvalue weighted by molar-refractivity contribution is 0.623. The van der Waals surface area contributed by atoms with Gasteiger partial charge in [0.2, 0.25) is 0 Å². The molecule has 21 heavy (non-hydrogen) atoms. The molecule has 1 unspecified atom stereocenters.